The second-order valence-corrected chi connectivity index (χ2v) is 6.44. The average Bonchev–Trinajstić information content (AvgIpc) is 2.35. The van der Waals surface area contributed by atoms with Crippen LogP contribution in [0.1, 0.15) is 0 Å². The number of ether oxygens (including phenoxy) is 1. The van der Waals surface area contributed by atoms with Crippen molar-refractivity contribution in [1.82, 2.24) is 5.32 Å². The number of amides is 1. The summed E-state index contributed by atoms with van der Waals surface area (Å²) in [6.07, 6.45) is 1.04. The third-order valence-corrected chi connectivity index (χ3v) is 3.79. The largest absolute Gasteiger partial charge is 0.383 e. The zero-order chi connectivity index (χ0) is 15.2. The Bertz CT molecular complexity index is 562. The predicted molar refractivity (Wildman–Crippen MR) is 78.5 cm³/mol. The van der Waals surface area contributed by atoms with Crippen molar-refractivity contribution in [2.75, 3.05) is 37.4 Å². The van der Waals surface area contributed by atoms with Gasteiger partial charge in [-0.3, -0.25) is 9.10 Å². The summed E-state index contributed by atoms with van der Waals surface area (Å²) >= 11 is 5.84. The molecule has 0 radical (unpaired) electrons. The lowest BCUT2D eigenvalue weighted by Crippen LogP contribution is -2.41. The van der Waals surface area contributed by atoms with E-state index in [9.17, 15) is 13.2 Å². The Labute approximate surface area is 123 Å². The smallest absolute Gasteiger partial charge is 0.240 e. The molecule has 0 aromatic heterocycles. The number of benzene rings is 1. The molecule has 1 aromatic carbocycles. The molecule has 0 saturated heterocycles. The van der Waals surface area contributed by atoms with Crippen molar-refractivity contribution in [3.8, 4) is 0 Å². The predicted octanol–water partition coefficient (Wildman–Crippen LogP) is 0.869. The van der Waals surface area contributed by atoms with Crippen molar-refractivity contribution < 1.29 is 17.9 Å². The first-order valence-electron chi connectivity index (χ1n) is 5.83. The summed E-state index contributed by atoms with van der Waals surface area (Å²) in [4.78, 5) is 11.7. The minimum absolute atomic E-state index is 0.303. The van der Waals surface area contributed by atoms with E-state index in [0.717, 1.165) is 10.6 Å². The van der Waals surface area contributed by atoms with Gasteiger partial charge in [-0.25, -0.2) is 8.42 Å². The molecule has 0 spiro atoms. The number of halogens is 1. The molecule has 0 saturated carbocycles. The van der Waals surface area contributed by atoms with Gasteiger partial charge >= 0.3 is 0 Å². The summed E-state index contributed by atoms with van der Waals surface area (Å²) < 4.78 is 29.4. The molecule has 1 N–H and O–H groups in total. The number of nitrogens with zero attached hydrogens (tertiary/aromatic N) is 1. The minimum atomic E-state index is -3.58. The Kier molecular flexibility index (Phi) is 6.25. The quantitative estimate of drug-likeness (QED) is 0.756. The lowest BCUT2D eigenvalue weighted by molar-refractivity contribution is -0.119. The topological polar surface area (TPSA) is 75.7 Å². The highest BCUT2D eigenvalue weighted by atomic mass is 35.5. The zero-order valence-corrected chi connectivity index (χ0v) is 12.9. The summed E-state index contributed by atoms with van der Waals surface area (Å²) in [5.41, 5.74) is 0.349. The molecule has 8 heteroatoms. The number of hydrogen-bond donors (Lipinski definition) is 1. The van der Waals surface area contributed by atoms with Gasteiger partial charge in [-0.15, -0.1) is 0 Å². The number of carbonyl (C=O) groups is 1. The number of sulfonamides is 1. The SMILES string of the molecule is COCCNC(=O)CN(c1cccc(Cl)c1)S(C)(=O)=O. The van der Waals surface area contributed by atoms with Crippen LogP contribution in [-0.4, -0.2) is 47.4 Å². The van der Waals surface area contributed by atoms with Crippen molar-refractivity contribution >= 4 is 33.2 Å². The summed E-state index contributed by atoms with van der Waals surface area (Å²) in [5.74, 6) is -0.410. The van der Waals surface area contributed by atoms with Gasteiger partial charge in [0, 0.05) is 18.7 Å². The average molecular weight is 321 g/mol. The molecule has 112 valence electrons. The fourth-order valence-electron chi connectivity index (χ4n) is 1.51. The number of carbonyl (C=O) groups excluding carboxylic acids is 1. The van der Waals surface area contributed by atoms with E-state index in [-0.39, 0.29) is 6.54 Å². The second kappa shape index (κ2) is 7.47. The fourth-order valence-corrected chi connectivity index (χ4v) is 2.54. The Morgan fingerprint density at radius 3 is 2.70 bits per heavy atom. The van der Waals surface area contributed by atoms with Gasteiger partial charge in [-0.2, -0.15) is 0 Å². The van der Waals surface area contributed by atoms with E-state index in [0.29, 0.717) is 23.9 Å². The fraction of sp³-hybridized carbons (Fsp3) is 0.417. The highest BCUT2D eigenvalue weighted by molar-refractivity contribution is 7.92. The van der Waals surface area contributed by atoms with Gasteiger partial charge < -0.3 is 10.1 Å². The zero-order valence-electron chi connectivity index (χ0n) is 11.3. The first-order chi connectivity index (χ1) is 9.34. The van der Waals surface area contributed by atoms with E-state index >= 15 is 0 Å². The summed E-state index contributed by atoms with van der Waals surface area (Å²) in [7, 11) is -2.06. The van der Waals surface area contributed by atoms with Gasteiger partial charge in [0.25, 0.3) is 0 Å². The number of rotatable bonds is 7. The Hall–Kier alpha value is -1.31. The van der Waals surface area contributed by atoms with Gasteiger partial charge in [0.15, 0.2) is 0 Å². The highest BCUT2D eigenvalue weighted by Crippen LogP contribution is 2.21. The van der Waals surface area contributed by atoms with E-state index in [1.165, 1.54) is 13.2 Å². The first-order valence-corrected chi connectivity index (χ1v) is 8.06. The number of nitrogens with one attached hydrogen (secondary N) is 1. The van der Waals surface area contributed by atoms with Crippen LogP contribution in [-0.2, 0) is 19.6 Å². The molecule has 1 rings (SSSR count). The van der Waals surface area contributed by atoms with Crippen LogP contribution < -0.4 is 9.62 Å². The molecule has 0 aliphatic carbocycles. The maximum atomic E-state index is 11.8. The molecule has 1 aromatic rings. The maximum absolute atomic E-state index is 11.8. The van der Waals surface area contributed by atoms with E-state index in [1.54, 1.807) is 18.2 Å². The molecule has 0 fully saturated rings. The van der Waals surface area contributed by atoms with E-state index in [1.807, 2.05) is 0 Å². The van der Waals surface area contributed by atoms with Crippen LogP contribution in [0.2, 0.25) is 5.02 Å². The third kappa shape index (κ3) is 5.36. The van der Waals surface area contributed by atoms with Crippen molar-refractivity contribution in [3.05, 3.63) is 29.3 Å². The van der Waals surface area contributed by atoms with Crippen molar-refractivity contribution in [1.29, 1.82) is 0 Å². The Balaban J connectivity index is 2.84. The highest BCUT2D eigenvalue weighted by Gasteiger charge is 2.20. The van der Waals surface area contributed by atoms with Crippen LogP contribution >= 0.6 is 11.6 Å². The summed E-state index contributed by atoms with van der Waals surface area (Å²) in [6.45, 7) is 0.382. The van der Waals surface area contributed by atoms with Crippen molar-refractivity contribution in [2.24, 2.45) is 0 Å². The summed E-state index contributed by atoms with van der Waals surface area (Å²) in [6, 6.07) is 6.32. The van der Waals surface area contributed by atoms with Gasteiger partial charge in [-0.05, 0) is 18.2 Å². The molecular formula is C12H17ClN2O4S. The van der Waals surface area contributed by atoms with Gasteiger partial charge in [0.05, 0.1) is 18.6 Å². The standard InChI is InChI=1S/C12H17ClN2O4S/c1-19-7-6-14-12(16)9-15(20(2,17)18)11-5-3-4-10(13)8-11/h3-5,8H,6-7,9H2,1-2H3,(H,14,16). The van der Waals surface area contributed by atoms with E-state index < -0.39 is 15.9 Å². The first kappa shape index (κ1) is 16.7. The molecule has 0 aliphatic rings. The lowest BCUT2D eigenvalue weighted by atomic mass is 10.3. The van der Waals surface area contributed by atoms with Gasteiger partial charge in [0.1, 0.15) is 6.54 Å². The molecule has 0 unspecified atom stereocenters. The molecule has 20 heavy (non-hydrogen) atoms. The van der Waals surface area contributed by atoms with Crippen LogP contribution in [0.15, 0.2) is 24.3 Å². The van der Waals surface area contributed by atoms with E-state index in [4.69, 9.17) is 16.3 Å². The van der Waals surface area contributed by atoms with Crippen molar-refractivity contribution in [2.45, 2.75) is 0 Å². The maximum Gasteiger partial charge on any atom is 0.240 e. The van der Waals surface area contributed by atoms with Crippen LogP contribution in [0, 0.1) is 0 Å². The van der Waals surface area contributed by atoms with Crippen LogP contribution in [0.25, 0.3) is 0 Å². The van der Waals surface area contributed by atoms with Crippen LogP contribution in [0.4, 0.5) is 5.69 Å². The molecule has 0 heterocycles. The molecule has 1 amide bonds. The number of hydrogen-bond acceptors (Lipinski definition) is 4. The lowest BCUT2D eigenvalue weighted by Gasteiger charge is -2.22. The van der Waals surface area contributed by atoms with Crippen LogP contribution in [0.3, 0.4) is 0 Å². The van der Waals surface area contributed by atoms with E-state index in [2.05, 4.69) is 5.32 Å². The van der Waals surface area contributed by atoms with Crippen molar-refractivity contribution in [3.63, 3.8) is 0 Å². The normalized spacial score (nSPS) is 11.2. The molecular weight excluding hydrogens is 304 g/mol. The monoisotopic (exact) mass is 320 g/mol. The minimum Gasteiger partial charge on any atom is -0.383 e. The second-order valence-electron chi connectivity index (χ2n) is 4.09. The Morgan fingerprint density at radius 2 is 2.15 bits per heavy atom. The molecule has 0 bridgehead atoms. The van der Waals surface area contributed by atoms with Gasteiger partial charge in [0.2, 0.25) is 15.9 Å². The molecule has 0 aliphatic heterocycles. The van der Waals surface area contributed by atoms with Gasteiger partial charge in [-0.1, -0.05) is 17.7 Å². The van der Waals surface area contributed by atoms with Crippen LogP contribution in [0.5, 0.6) is 0 Å². The Morgan fingerprint density at radius 1 is 1.45 bits per heavy atom. The summed E-state index contributed by atoms with van der Waals surface area (Å²) in [5, 5.41) is 2.97. The molecule has 6 nitrogen and oxygen atoms in total. The number of methoxy groups -OCH3 is 1. The number of anilines is 1. The molecule has 0 atom stereocenters. The third-order valence-electron chi connectivity index (χ3n) is 2.41.